The number of amides is 1. The van der Waals surface area contributed by atoms with Gasteiger partial charge in [0.2, 0.25) is 5.91 Å². The van der Waals surface area contributed by atoms with Crippen molar-refractivity contribution in [3.63, 3.8) is 0 Å². The molecule has 0 spiro atoms. The average Bonchev–Trinajstić information content (AvgIpc) is 2.77. The number of ether oxygens (including phenoxy) is 2. The van der Waals surface area contributed by atoms with E-state index in [1.165, 1.54) is 19.3 Å². The molecule has 0 saturated carbocycles. The molecule has 0 atom stereocenters. The van der Waals surface area contributed by atoms with Crippen molar-refractivity contribution in [1.29, 1.82) is 0 Å². The molecule has 0 aromatic heterocycles. The predicted molar refractivity (Wildman–Crippen MR) is 129 cm³/mol. The standard InChI is InChI=1S/C25H33Cl2NO3/c1-4-5-6-7-8-9-25(29)28(15-14-20-11-12-21(26)17-22(20)27)18-19-10-13-23(30-2)24(16-19)31-3/h10-13,16-17H,4-9,14-15,18H2,1-3H3. The Kier molecular flexibility index (Phi) is 11.0. The van der Waals surface area contributed by atoms with Gasteiger partial charge in [0.1, 0.15) is 0 Å². The number of carbonyl (C=O) groups excluding carboxylic acids is 1. The van der Waals surface area contributed by atoms with Crippen molar-refractivity contribution in [2.75, 3.05) is 20.8 Å². The van der Waals surface area contributed by atoms with Crippen molar-refractivity contribution in [1.82, 2.24) is 4.90 Å². The highest BCUT2D eigenvalue weighted by Gasteiger charge is 2.16. The Labute approximate surface area is 196 Å². The number of hydrogen-bond donors (Lipinski definition) is 0. The number of halogens is 2. The summed E-state index contributed by atoms with van der Waals surface area (Å²) in [5, 5.41) is 1.24. The van der Waals surface area contributed by atoms with Crippen LogP contribution >= 0.6 is 23.2 Å². The minimum Gasteiger partial charge on any atom is -0.493 e. The van der Waals surface area contributed by atoms with E-state index in [1.54, 1.807) is 20.3 Å². The maximum atomic E-state index is 13.0. The largest absolute Gasteiger partial charge is 0.493 e. The molecule has 0 fully saturated rings. The quantitative estimate of drug-likeness (QED) is 0.300. The molecule has 2 aromatic carbocycles. The highest BCUT2D eigenvalue weighted by molar-refractivity contribution is 6.35. The lowest BCUT2D eigenvalue weighted by molar-refractivity contribution is -0.131. The molecule has 0 bridgehead atoms. The summed E-state index contributed by atoms with van der Waals surface area (Å²) in [5.41, 5.74) is 1.98. The third kappa shape index (κ3) is 8.27. The van der Waals surface area contributed by atoms with Crippen molar-refractivity contribution in [2.45, 2.75) is 58.4 Å². The van der Waals surface area contributed by atoms with E-state index in [9.17, 15) is 4.79 Å². The maximum absolute atomic E-state index is 13.0. The maximum Gasteiger partial charge on any atom is 0.222 e. The number of carbonyl (C=O) groups is 1. The van der Waals surface area contributed by atoms with Crippen LogP contribution in [0.5, 0.6) is 11.5 Å². The van der Waals surface area contributed by atoms with Gasteiger partial charge in [-0.15, -0.1) is 0 Å². The number of rotatable bonds is 13. The molecule has 6 heteroatoms. The Hall–Kier alpha value is -1.91. The molecule has 1 amide bonds. The molecule has 0 heterocycles. The van der Waals surface area contributed by atoms with Gasteiger partial charge in [0.25, 0.3) is 0 Å². The first kappa shape index (κ1) is 25.4. The van der Waals surface area contributed by atoms with E-state index in [0.717, 1.165) is 24.0 Å². The van der Waals surface area contributed by atoms with Crippen molar-refractivity contribution in [3.8, 4) is 11.5 Å². The van der Waals surface area contributed by atoms with Gasteiger partial charge in [0, 0.05) is 29.6 Å². The molecule has 0 saturated heterocycles. The van der Waals surface area contributed by atoms with Crippen LogP contribution in [0.1, 0.15) is 56.6 Å². The molecule has 4 nitrogen and oxygen atoms in total. The molecule has 0 N–H and O–H groups in total. The van der Waals surface area contributed by atoms with Crippen LogP contribution in [0.15, 0.2) is 36.4 Å². The van der Waals surface area contributed by atoms with Crippen molar-refractivity contribution in [2.24, 2.45) is 0 Å². The van der Waals surface area contributed by atoms with Crippen LogP contribution in [-0.4, -0.2) is 31.6 Å². The van der Waals surface area contributed by atoms with Crippen LogP contribution in [-0.2, 0) is 17.8 Å². The third-order valence-corrected chi connectivity index (χ3v) is 5.92. The van der Waals surface area contributed by atoms with E-state index in [-0.39, 0.29) is 5.91 Å². The number of hydrogen-bond acceptors (Lipinski definition) is 3. The van der Waals surface area contributed by atoms with Crippen molar-refractivity contribution in [3.05, 3.63) is 57.6 Å². The average molecular weight is 466 g/mol. The van der Waals surface area contributed by atoms with E-state index in [1.807, 2.05) is 35.2 Å². The summed E-state index contributed by atoms with van der Waals surface area (Å²) in [6.45, 7) is 3.29. The highest BCUT2D eigenvalue weighted by atomic mass is 35.5. The summed E-state index contributed by atoms with van der Waals surface area (Å²) in [6, 6.07) is 11.3. The lowest BCUT2D eigenvalue weighted by Gasteiger charge is -2.24. The minimum absolute atomic E-state index is 0.163. The van der Waals surface area contributed by atoms with Gasteiger partial charge in [-0.05, 0) is 48.2 Å². The Morgan fingerprint density at radius 3 is 2.35 bits per heavy atom. The number of unbranched alkanes of at least 4 members (excludes halogenated alkanes) is 4. The van der Waals surface area contributed by atoms with Crippen LogP contribution in [0, 0.1) is 0 Å². The molecule has 31 heavy (non-hydrogen) atoms. The summed E-state index contributed by atoms with van der Waals surface area (Å²) in [7, 11) is 3.23. The van der Waals surface area contributed by atoms with Crippen LogP contribution in [0.2, 0.25) is 10.0 Å². The van der Waals surface area contributed by atoms with Crippen molar-refractivity contribution >= 4 is 29.1 Å². The second kappa shape index (κ2) is 13.5. The lowest BCUT2D eigenvalue weighted by Crippen LogP contribution is -2.32. The van der Waals surface area contributed by atoms with Gasteiger partial charge >= 0.3 is 0 Å². The first-order valence-corrected chi connectivity index (χ1v) is 11.7. The summed E-state index contributed by atoms with van der Waals surface area (Å²) in [4.78, 5) is 14.9. The molecule has 170 valence electrons. The Bertz CT molecular complexity index is 842. The first-order chi connectivity index (χ1) is 15.0. The van der Waals surface area contributed by atoms with E-state index < -0.39 is 0 Å². The summed E-state index contributed by atoms with van der Waals surface area (Å²) in [6.07, 6.45) is 6.84. The molecule has 0 unspecified atom stereocenters. The summed E-state index contributed by atoms with van der Waals surface area (Å²) >= 11 is 12.4. The van der Waals surface area contributed by atoms with Crippen LogP contribution < -0.4 is 9.47 Å². The van der Waals surface area contributed by atoms with E-state index in [2.05, 4.69) is 6.92 Å². The molecule has 0 aliphatic rings. The number of methoxy groups -OCH3 is 2. The smallest absolute Gasteiger partial charge is 0.222 e. The first-order valence-electron chi connectivity index (χ1n) is 10.9. The molecule has 2 aromatic rings. The van der Waals surface area contributed by atoms with E-state index in [4.69, 9.17) is 32.7 Å². The van der Waals surface area contributed by atoms with Crippen molar-refractivity contribution < 1.29 is 14.3 Å². The van der Waals surface area contributed by atoms with Crippen LogP contribution in [0.3, 0.4) is 0 Å². The molecule has 0 aliphatic carbocycles. The van der Waals surface area contributed by atoms with Crippen LogP contribution in [0.25, 0.3) is 0 Å². The predicted octanol–water partition coefficient (Wildman–Crippen LogP) is 6.94. The van der Waals surface area contributed by atoms with Gasteiger partial charge in [-0.2, -0.15) is 0 Å². The second-order valence-corrected chi connectivity index (χ2v) is 8.50. The monoisotopic (exact) mass is 465 g/mol. The minimum atomic E-state index is 0.163. The molecule has 0 radical (unpaired) electrons. The van der Waals surface area contributed by atoms with Gasteiger partial charge in [0.05, 0.1) is 14.2 Å². The van der Waals surface area contributed by atoms with Gasteiger partial charge in [0.15, 0.2) is 11.5 Å². The normalized spacial score (nSPS) is 10.7. The molecule has 2 rings (SSSR count). The third-order valence-electron chi connectivity index (χ3n) is 5.33. The second-order valence-electron chi connectivity index (χ2n) is 7.65. The fourth-order valence-electron chi connectivity index (χ4n) is 3.51. The SMILES string of the molecule is CCCCCCCC(=O)N(CCc1ccc(Cl)cc1Cl)Cc1ccc(OC)c(OC)c1. The molecule has 0 aliphatic heterocycles. The van der Waals surface area contributed by atoms with Gasteiger partial charge in [-0.25, -0.2) is 0 Å². The Balaban J connectivity index is 2.09. The zero-order valence-corrected chi connectivity index (χ0v) is 20.3. The highest BCUT2D eigenvalue weighted by Crippen LogP contribution is 2.28. The lowest BCUT2D eigenvalue weighted by atomic mass is 10.1. The molecular weight excluding hydrogens is 433 g/mol. The Morgan fingerprint density at radius 2 is 1.68 bits per heavy atom. The topological polar surface area (TPSA) is 38.8 Å². The summed E-state index contributed by atoms with van der Waals surface area (Å²) in [5.74, 6) is 1.50. The van der Waals surface area contributed by atoms with E-state index in [0.29, 0.717) is 47.5 Å². The van der Waals surface area contributed by atoms with Gasteiger partial charge in [-0.3, -0.25) is 4.79 Å². The molecular formula is C25H33Cl2NO3. The van der Waals surface area contributed by atoms with Crippen LogP contribution in [0.4, 0.5) is 0 Å². The number of benzene rings is 2. The van der Waals surface area contributed by atoms with Gasteiger partial charge in [-0.1, -0.05) is 67.9 Å². The fraction of sp³-hybridized carbons (Fsp3) is 0.480. The zero-order valence-electron chi connectivity index (χ0n) is 18.8. The van der Waals surface area contributed by atoms with E-state index >= 15 is 0 Å². The fourth-order valence-corrected chi connectivity index (χ4v) is 4.01. The Morgan fingerprint density at radius 1 is 0.935 bits per heavy atom. The van der Waals surface area contributed by atoms with Gasteiger partial charge < -0.3 is 14.4 Å². The number of nitrogens with zero attached hydrogens (tertiary/aromatic N) is 1. The zero-order chi connectivity index (χ0) is 22.6. The summed E-state index contributed by atoms with van der Waals surface area (Å²) < 4.78 is 10.7.